The van der Waals surface area contributed by atoms with Crippen LogP contribution < -0.4 is 10.6 Å². The second-order valence-electron chi connectivity index (χ2n) is 10.2. The Morgan fingerprint density at radius 2 is 2.03 bits per heavy atom. The van der Waals surface area contributed by atoms with Gasteiger partial charge >= 0.3 is 0 Å². The fraction of sp³-hybridized carbons (Fsp3) is 0.357. The topological polar surface area (TPSA) is 87.0 Å². The van der Waals surface area contributed by atoms with E-state index in [-0.39, 0.29) is 11.9 Å². The highest BCUT2D eigenvalue weighted by molar-refractivity contribution is 5.75. The van der Waals surface area contributed by atoms with Gasteiger partial charge in [-0.3, -0.25) is 9.30 Å². The standard InChI is InChI=1S/C28H29FN6O2/c29-18-5-7-35-26(12-31-28(35)9-18)21-1-3-24(23-11-30-10-22(21)23)32-27-4-2-20(17-6-8-37-16-17)25(33-27)15-34-13-19(36)14-34/h1-5,7,9,12,17,19,30,36H,6,8,10-11,13-16H2,(H,32,33)/t17-/m0/s1. The first-order valence-electron chi connectivity index (χ1n) is 12.9. The summed E-state index contributed by atoms with van der Waals surface area (Å²) in [6.07, 6.45) is 4.32. The number of aliphatic hydroxyl groups excluding tert-OH is 1. The van der Waals surface area contributed by atoms with Gasteiger partial charge in [-0.1, -0.05) is 12.1 Å². The number of nitrogens with zero attached hydrogens (tertiary/aromatic N) is 4. The number of aliphatic hydroxyl groups is 1. The third-order valence-corrected chi connectivity index (χ3v) is 7.74. The molecule has 0 bridgehead atoms. The van der Waals surface area contributed by atoms with Gasteiger partial charge < -0.3 is 20.5 Å². The molecule has 9 heteroatoms. The Bertz CT molecular complexity index is 1480. The molecule has 2 saturated heterocycles. The van der Waals surface area contributed by atoms with E-state index in [1.807, 2.05) is 10.6 Å². The van der Waals surface area contributed by atoms with Gasteiger partial charge in [0.2, 0.25) is 0 Å². The zero-order chi connectivity index (χ0) is 24.9. The van der Waals surface area contributed by atoms with Crippen molar-refractivity contribution in [3.63, 3.8) is 0 Å². The Balaban J connectivity index is 1.21. The molecule has 4 aromatic rings. The Labute approximate surface area is 214 Å². The van der Waals surface area contributed by atoms with Crippen molar-refractivity contribution in [3.8, 4) is 11.3 Å². The van der Waals surface area contributed by atoms with Crippen molar-refractivity contribution in [2.24, 2.45) is 0 Å². The first kappa shape index (κ1) is 22.8. The van der Waals surface area contributed by atoms with Crippen LogP contribution in [0.15, 0.2) is 48.8 Å². The molecule has 8 nitrogen and oxygen atoms in total. The van der Waals surface area contributed by atoms with Crippen LogP contribution in [0.4, 0.5) is 15.9 Å². The molecular formula is C28H29FN6O2. The van der Waals surface area contributed by atoms with E-state index >= 15 is 0 Å². The van der Waals surface area contributed by atoms with Crippen LogP contribution in [0, 0.1) is 5.82 Å². The minimum atomic E-state index is -0.292. The average Bonchev–Trinajstić information content (AvgIpc) is 3.64. The van der Waals surface area contributed by atoms with Gasteiger partial charge in [0, 0.05) is 68.8 Å². The maximum Gasteiger partial charge on any atom is 0.140 e. The lowest BCUT2D eigenvalue weighted by molar-refractivity contribution is -0.00373. The van der Waals surface area contributed by atoms with Gasteiger partial charge in [-0.25, -0.2) is 14.4 Å². The highest BCUT2D eigenvalue weighted by atomic mass is 19.1. The fourth-order valence-corrected chi connectivity index (χ4v) is 5.80. The van der Waals surface area contributed by atoms with Crippen LogP contribution >= 0.6 is 0 Å². The van der Waals surface area contributed by atoms with E-state index in [1.165, 1.54) is 28.8 Å². The number of pyridine rings is 2. The number of ether oxygens (including phenoxy) is 1. The molecule has 0 saturated carbocycles. The largest absolute Gasteiger partial charge is 0.390 e. The average molecular weight is 501 g/mol. The summed E-state index contributed by atoms with van der Waals surface area (Å²) in [5.74, 6) is 0.889. The van der Waals surface area contributed by atoms with E-state index in [2.05, 4.69) is 44.8 Å². The number of imidazole rings is 1. The third-order valence-electron chi connectivity index (χ3n) is 7.74. The normalized spacial score (nSPS) is 19.9. The predicted octanol–water partition coefficient (Wildman–Crippen LogP) is 3.56. The molecule has 0 radical (unpaired) electrons. The maximum absolute atomic E-state index is 13.7. The minimum Gasteiger partial charge on any atom is -0.390 e. The van der Waals surface area contributed by atoms with Gasteiger partial charge in [-0.15, -0.1) is 0 Å². The van der Waals surface area contributed by atoms with E-state index in [0.717, 1.165) is 67.7 Å². The number of anilines is 2. The molecule has 3 aliphatic rings. The molecule has 0 spiro atoms. The lowest BCUT2D eigenvalue weighted by Gasteiger charge is -2.36. The molecule has 3 aliphatic heterocycles. The zero-order valence-electron chi connectivity index (χ0n) is 20.5. The maximum atomic E-state index is 13.7. The van der Waals surface area contributed by atoms with Gasteiger partial charge in [0.05, 0.1) is 30.3 Å². The Morgan fingerprint density at radius 1 is 1.14 bits per heavy atom. The fourth-order valence-electron chi connectivity index (χ4n) is 5.80. The van der Waals surface area contributed by atoms with E-state index < -0.39 is 0 Å². The molecule has 3 N–H and O–H groups in total. The lowest BCUT2D eigenvalue weighted by Crippen LogP contribution is -2.50. The highest BCUT2D eigenvalue weighted by Gasteiger charge is 2.28. The van der Waals surface area contributed by atoms with Crippen molar-refractivity contribution in [1.82, 2.24) is 24.6 Å². The van der Waals surface area contributed by atoms with Gasteiger partial charge in [0.1, 0.15) is 17.3 Å². The van der Waals surface area contributed by atoms with Crippen LogP contribution in [0.1, 0.15) is 34.7 Å². The zero-order valence-corrected chi connectivity index (χ0v) is 20.5. The summed E-state index contributed by atoms with van der Waals surface area (Å²) >= 11 is 0. The SMILES string of the molecule is OC1CN(Cc2nc(Nc3ccc(-c4cnc5cc(F)ccn45)c4c3CNC4)ccc2[C@H]2CCOC2)C1. The number of hydrogen-bond acceptors (Lipinski definition) is 7. The minimum absolute atomic E-state index is 0.236. The molecule has 3 aromatic heterocycles. The molecule has 0 unspecified atom stereocenters. The number of likely N-dealkylation sites (tertiary alicyclic amines) is 1. The first-order chi connectivity index (χ1) is 18.1. The quantitative estimate of drug-likeness (QED) is 0.373. The number of benzene rings is 1. The summed E-state index contributed by atoms with van der Waals surface area (Å²) in [7, 11) is 0. The second kappa shape index (κ2) is 9.18. The molecule has 1 aromatic carbocycles. The van der Waals surface area contributed by atoms with E-state index in [9.17, 15) is 9.50 Å². The Hall–Kier alpha value is -3.37. The van der Waals surface area contributed by atoms with E-state index in [1.54, 1.807) is 6.20 Å². The van der Waals surface area contributed by atoms with Crippen molar-refractivity contribution < 1.29 is 14.2 Å². The molecule has 7 rings (SSSR count). The number of aromatic nitrogens is 3. The number of hydrogen-bond donors (Lipinski definition) is 3. The van der Waals surface area contributed by atoms with Crippen LogP contribution in [-0.2, 0) is 24.4 Å². The summed E-state index contributed by atoms with van der Waals surface area (Å²) in [6, 6.07) is 11.3. The van der Waals surface area contributed by atoms with Gasteiger partial charge in [0.15, 0.2) is 0 Å². The summed E-state index contributed by atoms with van der Waals surface area (Å²) < 4.78 is 21.3. The lowest BCUT2D eigenvalue weighted by atomic mass is 9.96. The van der Waals surface area contributed by atoms with Gasteiger partial charge in [-0.05, 0) is 41.3 Å². The number of fused-ring (bicyclic) bond motifs is 2. The van der Waals surface area contributed by atoms with Gasteiger partial charge in [0.25, 0.3) is 0 Å². The van der Waals surface area contributed by atoms with Crippen molar-refractivity contribution in [3.05, 3.63) is 77.0 Å². The molecular weight excluding hydrogens is 471 g/mol. The van der Waals surface area contributed by atoms with E-state index in [0.29, 0.717) is 24.7 Å². The van der Waals surface area contributed by atoms with Crippen LogP contribution in [-0.4, -0.2) is 56.8 Å². The molecule has 2 fully saturated rings. The summed E-state index contributed by atoms with van der Waals surface area (Å²) in [4.78, 5) is 11.7. The first-order valence-corrected chi connectivity index (χ1v) is 12.9. The Morgan fingerprint density at radius 3 is 2.86 bits per heavy atom. The van der Waals surface area contributed by atoms with Crippen LogP contribution in [0.5, 0.6) is 0 Å². The molecule has 37 heavy (non-hydrogen) atoms. The summed E-state index contributed by atoms with van der Waals surface area (Å²) in [5.41, 5.74) is 8.37. The third kappa shape index (κ3) is 4.18. The number of halogens is 1. The van der Waals surface area contributed by atoms with Crippen molar-refractivity contribution in [2.45, 2.75) is 38.1 Å². The van der Waals surface area contributed by atoms with E-state index in [4.69, 9.17) is 9.72 Å². The second-order valence-corrected chi connectivity index (χ2v) is 10.2. The van der Waals surface area contributed by atoms with Crippen molar-refractivity contribution in [2.75, 3.05) is 31.6 Å². The predicted molar refractivity (Wildman–Crippen MR) is 138 cm³/mol. The molecule has 1 atom stereocenters. The molecule has 0 amide bonds. The van der Waals surface area contributed by atoms with Crippen molar-refractivity contribution in [1.29, 1.82) is 0 Å². The summed E-state index contributed by atoms with van der Waals surface area (Å²) in [6.45, 7) is 5.15. The smallest absolute Gasteiger partial charge is 0.140 e. The highest BCUT2D eigenvalue weighted by Crippen LogP contribution is 2.36. The van der Waals surface area contributed by atoms with Crippen molar-refractivity contribution >= 4 is 17.2 Å². The number of β-amino-alcohol motifs (C(OH)–C–C–N with tert-alkyl or cyclic N) is 1. The van der Waals surface area contributed by atoms with Crippen LogP contribution in [0.2, 0.25) is 0 Å². The van der Waals surface area contributed by atoms with Crippen LogP contribution in [0.3, 0.4) is 0 Å². The molecule has 6 heterocycles. The number of nitrogens with one attached hydrogen (secondary N) is 2. The number of rotatable bonds is 6. The Kier molecular flexibility index (Phi) is 5.66. The monoisotopic (exact) mass is 500 g/mol. The molecule has 190 valence electrons. The van der Waals surface area contributed by atoms with Gasteiger partial charge in [-0.2, -0.15) is 0 Å². The summed E-state index contributed by atoms with van der Waals surface area (Å²) in [5, 5.41) is 16.8. The molecule has 0 aliphatic carbocycles. The van der Waals surface area contributed by atoms with Crippen LogP contribution in [0.25, 0.3) is 16.9 Å².